The van der Waals surface area contributed by atoms with Crippen LogP contribution in [-0.2, 0) is 7.05 Å². The number of thiazole rings is 1. The molecule has 1 heterocycles. The first kappa shape index (κ1) is 19.8. The minimum absolute atomic E-state index is 0.375. The second kappa shape index (κ2) is 8.47. The molecule has 0 N–H and O–H groups in total. The van der Waals surface area contributed by atoms with Crippen molar-refractivity contribution < 1.29 is 9.53 Å². The van der Waals surface area contributed by atoms with Gasteiger partial charge >= 0.3 is 5.97 Å². The molecule has 3 aromatic carbocycles. The number of benzene rings is 3. The van der Waals surface area contributed by atoms with Gasteiger partial charge in [-0.25, -0.2) is 4.79 Å². The molecule has 0 bridgehead atoms. The van der Waals surface area contributed by atoms with Crippen LogP contribution in [0.25, 0.3) is 10.2 Å². The number of para-hydroxylation sites is 1. The number of esters is 1. The maximum atomic E-state index is 12.2. The number of carbonyl (C=O) groups is 1. The molecule has 0 aliphatic heterocycles. The van der Waals surface area contributed by atoms with Gasteiger partial charge in [-0.15, -0.1) is 5.10 Å². The molecule has 0 saturated heterocycles. The summed E-state index contributed by atoms with van der Waals surface area (Å²) in [7, 11) is 1.99. The quantitative estimate of drug-likeness (QED) is 0.202. The third-order valence-electron chi connectivity index (χ3n) is 4.77. The largest absolute Gasteiger partial charge is 0.423 e. The molecule has 0 radical (unpaired) electrons. The Hall–Kier alpha value is -3.51. The molecule has 30 heavy (non-hydrogen) atoms. The zero-order valence-electron chi connectivity index (χ0n) is 17.0. The van der Waals surface area contributed by atoms with E-state index in [1.165, 1.54) is 4.70 Å². The van der Waals surface area contributed by atoms with Gasteiger partial charge in [-0.2, -0.15) is 5.10 Å². The van der Waals surface area contributed by atoms with E-state index in [4.69, 9.17) is 4.74 Å². The standard InChI is InChI=1S/C24H21N3O2S/c1-16-8-10-19(11-9-16)23(28)29-20-14-12-18(13-15-20)17(2)25-26-24-27(3)21-6-4-5-7-22(21)30-24/h4-15H,1-3H3/b25-17+,26-24+. The number of ether oxygens (including phenoxy) is 1. The van der Waals surface area contributed by atoms with Crippen molar-refractivity contribution in [1.82, 2.24) is 4.57 Å². The van der Waals surface area contributed by atoms with Crippen LogP contribution in [0.2, 0.25) is 0 Å². The minimum Gasteiger partial charge on any atom is -0.423 e. The monoisotopic (exact) mass is 415 g/mol. The highest BCUT2D eigenvalue weighted by atomic mass is 32.1. The van der Waals surface area contributed by atoms with Crippen LogP contribution in [0.15, 0.2) is 83.0 Å². The Labute approximate surface area is 178 Å². The van der Waals surface area contributed by atoms with Gasteiger partial charge in [-0.05, 0) is 67.9 Å². The van der Waals surface area contributed by atoms with Crippen LogP contribution in [0.1, 0.15) is 28.4 Å². The zero-order valence-corrected chi connectivity index (χ0v) is 17.8. The molecule has 150 valence electrons. The lowest BCUT2D eigenvalue weighted by Gasteiger charge is -2.06. The predicted octanol–water partition coefficient (Wildman–Crippen LogP) is 5.09. The minimum atomic E-state index is -0.375. The molecule has 0 aliphatic rings. The SMILES string of the molecule is C/C(=N\N=c1\sc2ccccc2n1C)c1ccc(OC(=O)c2ccc(C)cc2)cc1. The van der Waals surface area contributed by atoms with E-state index in [0.717, 1.165) is 27.2 Å². The molecule has 0 unspecified atom stereocenters. The number of fused-ring (bicyclic) bond motifs is 1. The Bertz CT molecular complexity index is 1300. The summed E-state index contributed by atoms with van der Waals surface area (Å²) in [5.41, 5.74) is 4.45. The van der Waals surface area contributed by atoms with Crippen LogP contribution < -0.4 is 9.54 Å². The van der Waals surface area contributed by atoms with Crippen molar-refractivity contribution in [3.05, 3.63) is 94.3 Å². The van der Waals surface area contributed by atoms with Crippen molar-refractivity contribution in [2.24, 2.45) is 17.3 Å². The lowest BCUT2D eigenvalue weighted by molar-refractivity contribution is 0.0735. The van der Waals surface area contributed by atoms with Gasteiger partial charge in [0.05, 0.1) is 21.5 Å². The van der Waals surface area contributed by atoms with Gasteiger partial charge in [0.25, 0.3) is 0 Å². The number of aryl methyl sites for hydroxylation is 2. The molecular formula is C24H21N3O2S. The van der Waals surface area contributed by atoms with Gasteiger partial charge in [0, 0.05) is 7.05 Å². The summed E-state index contributed by atoms with van der Waals surface area (Å²) in [5.74, 6) is 0.116. The molecule has 0 aliphatic carbocycles. The molecule has 5 nitrogen and oxygen atoms in total. The average molecular weight is 416 g/mol. The smallest absolute Gasteiger partial charge is 0.343 e. The van der Waals surface area contributed by atoms with Crippen molar-refractivity contribution in [1.29, 1.82) is 0 Å². The Kier molecular flexibility index (Phi) is 5.59. The highest BCUT2D eigenvalue weighted by Gasteiger charge is 2.08. The first-order chi connectivity index (χ1) is 14.5. The Balaban J connectivity index is 1.51. The van der Waals surface area contributed by atoms with Gasteiger partial charge in [-0.1, -0.05) is 41.2 Å². The van der Waals surface area contributed by atoms with E-state index in [-0.39, 0.29) is 5.97 Å². The first-order valence-electron chi connectivity index (χ1n) is 9.53. The summed E-state index contributed by atoms with van der Waals surface area (Å²) >= 11 is 1.60. The van der Waals surface area contributed by atoms with Crippen LogP contribution in [-0.4, -0.2) is 16.2 Å². The summed E-state index contributed by atoms with van der Waals surface area (Å²) in [6.45, 7) is 3.88. The van der Waals surface area contributed by atoms with Crippen LogP contribution in [0, 0.1) is 6.92 Å². The van der Waals surface area contributed by atoms with E-state index < -0.39 is 0 Å². The van der Waals surface area contributed by atoms with E-state index >= 15 is 0 Å². The Morgan fingerprint density at radius 2 is 1.60 bits per heavy atom. The number of nitrogens with zero attached hydrogens (tertiary/aromatic N) is 3. The van der Waals surface area contributed by atoms with Crippen molar-refractivity contribution >= 4 is 33.2 Å². The third kappa shape index (κ3) is 4.23. The molecule has 0 spiro atoms. The number of carbonyl (C=O) groups excluding carboxylic acids is 1. The summed E-state index contributed by atoms with van der Waals surface area (Å²) in [5, 5.41) is 8.81. The topological polar surface area (TPSA) is 55.9 Å². The molecule has 0 atom stereocenters. The predicted molar refractivity (Wildman–Crippen MR) is 121 cm³/mol. The van der Waals surface area contributed by atoms with E-state index in [1.807, 2.05) is 61.9 Å². The van der Waals surface area contributed by atoms with Crippen molar-refractivity contribution in [2.45, 2.75) is 13.8 Å². The van der Waals surface area contributed by atoms with Gasteiger partial charge in [0.1, 0.15) is 5.75 Å². The molecule has 6 heteroatoms. The Morgan fingerprint density at radius 1 is 0.933 bits per heavy atom. The molecule has 1 aromatic heterocycles. The first-order valence-corrected chi connectivity index (χ1v) is 10.3. The fourth-order valence-electron chi connectivity index (χ4n) is 2.97. The summed E-state index contributed by atoms with van der Waals surface area (Å²) in [4.78, 5) is 13.1. The lowest BCUT2D eigenvalue weighted by atomic mass is 10.1. The molecular weight excluding hydrogens is 394 g/mol. The van der Waals surface area contributed by atoms with Gasteiger partial charge < -0.3 is 9.30 Å². The number of hydrogen-bond acceptors (Lipinski definition) is 5. The average Bonchev–Trinajstić information content (AvgIpc) is 3.09. The van der Waals surface area contributed by atoms with E-state index in [2.05, 4.69) is 22.3 Å². The highest BCUT2D eigenvalue weighted by molar-refractivity contribution is 7.16. The summed E-state index contributed by atoms with van der Waals surface area (Å²) in [6, 6.07) is 22.7. The summed E-state index contributed by atoms with van der Waals surface area (Å²) < 4.78 is 8.65. The third-order valence-corrected chi connectivity index (χ3v) is 5.87. The fraction of sp³-hybridized carbons (Fsp3) is 0.125. The molecule has 0 saturated carbocycles. The Morgan fingerprint density at radius 3 is 2.30 bits per heavy atom. The van der Waals surface area contributed by atoms with E-state index in [0.29, 0.717) is 11.3 Å². The van der Waals surface area contributed by atoms with Crippen molar-refractivity contribution in [2.75, 3.05) is 0 Å². The van der Waals surface area contributed by atoms with Crippen molar-refractivity contribution in [3.63, 3.8) is 0 Å². The van der Waals surface area contributed by atoms with Gasteiger partial charge in [-0.3, -0.25) is 0 Å². The molecule has 0 fully saturated rings. The zero-order chi connectivity index (χ0) is 21.1. The molecule has 4 aromatic rings. The maximum Gasteiger partial charge on any atom is 0.343 e. The fourth-order valence-corrected chi connectivity index (χ4v) is 3.94. The van der Waals surface area contributed by atoms with Gasteiger partial charge in [0.2, 0.25) is 4.80 Å². The second-order valence-electron chi connectivity index (χ2n) is 6.98. The van der Waals surface area contributed by atoms with E-state index in [1.54, 1.807) is 35.6 Å². The number of rotatable bonds is 4. The van der Waals surface area contributed by atoms with Crippen LogP contribution in [0.5, 0.6) is 5.75 Å². The van der Waals surface area contributed by atoms with Gasteiger partial charge in [0.15, 0.2) is 0 Å². The van der Waals surface area contributed by atoms with Crippen LogP contribution >= 0.6 is 11.3 Å². The number of aromatic nitrogens is 1. The summed E-state index contributed by atoms with van der Waals surface area (Å²) in [6.07, 6.45) is 0. The maximum absolute atomic E-state index is 12.2. The normalized spacial score (nSPS) is 12.4. The van der Waals surface area contributed by atoms with E-state index in [9.17, 15) is 4.79 Å². The molecule has 0 amide bonds. The highest BCUT2D eigenvalue weighted by Crippen LogP contribution is 2.17. The number of hydrogen-bond donors (Lipinski definition) is 0. The van der Waals surface area contributed by atoms with Crippen LogP contribution in [0.4, 0.5) is 0 Å². The van der Waals surface area contributed by atoms with Crippen molar-refractivity contribution in [3.8, 4) is 5.75 Å². The molecule has 4 rings (SSSR count). The lowest BCUT2D eigenvalue weighted by Crippen LogP contribution is -2.09. The second-order valence-corrected chi connectivity index (χ2v) is 7.99. The van der Waals surface area contributed by atoms with Crippen LogP contribution in [0.3, 0.4) is 0 Å².